The third-order valence-electron chi connectivity index (χ3n) is 5.43. The van der Waals surface area contributed by atoms with Crippen LogP contribution >= 0.6 is 11.8 Å². The molecule has 5 rings (SSSR count). The van der Waals surface area contributed by atoms with E-state index < -0.39 is 35.1 Å². The third-order valence-corrected chi connectivity index (χ3v) is 6.68. The summed E-state index contributed by atoms with van der Waals surface area (Å²) in [5, 5.41) is 9.63. The Hall–Kier alpha value is -3.59. The number of esters is 1. The lowest BCUT2D eigenvalue weighted by atomic mass is 10.0. The molecule has 3 heterocycles. The highest BCUT2D eigenvalue weighted by atomic mass is 32.2. The van der Waals surface area contributed by atoms with Crippen molar-refractivity contribution in [1.29, 1.82) is 0 Å². The van der Waals surface area contributed by atoms with E-state index in [1.165, 1.54) is 11.8 Å². The Morgan fingerprint density at radius 2 is 1.58 bits per heavy atom. The van der Waals surface area contributed by atoms with Crippen molar-refractivity contribution in [3.05, 3.63) is 82.7 Å². The highest BCUT2D eigenvalue weighted by molar-refractivity contribution is 8.00. The quantitative estimate of drug-likeness (QED) is 0.445. The predicted octanol–water partition coefficient (Wildman–Crippen LogP) is 2.08. The molecular formula is C22H16N2O6S. The fraction of sp³-hybridized carbons (Fsp3) is 0.182. The standard InChI is InChI=1S/C22H16N2O6S/c25-15-11-31-21-17(23-18(26)13-8-4-5-9-14(13)19(23)27)20(28)24(21)16(15)22(29)30-10-12-6-2-1-3-7-12/h1-9,17,21,25H,10-11H2/t17?,21-/m1/s1. The van der Waals surface area contributed by atoms with Gasteiger partial charge in [0.1, 0.15) is 23.8 Å². The molecule has 0 saturated carbocycles. The SMILES string of the molecule is O=C(OCc1ccccc1)C1=C(O)CS[C@@H]2C(N3C(=O)c4ccccc4C3=O)C(=O)N12. The molecule has 0 radical (unpaired) electrons. The van der Waals surface area contributed by atoms with Crippen LogP contribution in [0.3, 0.4) is 0 Å². The van der Waals surface area contributed by atoms with E-state index in [0.29, 0.717) is 0 Å². The fourth-order valence-electron chi connectivity index (χ4n) is 3.93. The molecule has 3 aliphatic rings. The minimum absolute atomic E-state index is 0.0157. The number of amides is 3. The van der Waals surface area contributed by atoms with Gasteiger partial charge in [-0.05, 0) is 17.7 Å². The topological polar surface area (TPSA) is 104 Å². The number of aliphatic hydroxyl groups excluding tert-OH is 1. The van der Waals surface area contributed by atoms with E-state index in [2.05, 4.69) is 0 Å². The Bertz CT molecular complexity index is 1130. The van der Waals surface area contributed by atoms with Crippen molar-refractivity contribution >= 4 is 35.5 Å². The summed E-state index contributed by atoms with van der Waals surface area (Å²) < 4.78 is 5.29. The zero-order chi connectivity index (χ0) is 21.7. The first-order valence-corrected chi connectivity index (χ1v) is 10.6. The predicted molar refractivity (Wildman–Crippen MR) is 110 cm³/mol. The number of carbonyl (C=O) groups excluding carboxylic acids is 4. The molecule has 0 bridgehead atoms. The number of ether oxygens (including phenoxy) is 1. The molecule has 0 aliphatic carbocycles. The van der Waals surface area contributed by atoms with E-state index in [-0.39, 0.29) is 34.9 Å². The first kappa shape index (κ1) is 19.4. The molecule has 2 aromatic carbocycles. The van der Waals surface area contributed by atoms with Crippen molar-refractivity contribution in [2.24, 2.45) is 0 Å². The molecule has 2 atom stereocenters. The minimum Gasteiger partial charge on any atom is -0.509 e. The van der Waals surface area contributed by atoms with Gasteiger partial charge in [0, 0.05) is 0 Å². The maximum Gasteiger partial charge on any atom is 0.358 e. The Kier molecular flexibility index (Phi) is 4.55. The van der Waals surface area contributed by atoms with Gasteiger partial charge in [0.2, 0.25) is 0 Å². The van der Waals surface area contributed by atoms with Gasteiger partial charge >= 0.3 is 5.97 Å². The number of nitrogens with zero attached hydrogens (tertiary/aromatic N) is 2. The fourth-order valence-corrected chi connectivity index (χ4v) is 5.17. The van der Waals surface area contributed by atoms with Crippen LogP contribution in [0, 0.1) is 0 Å². The van der Waals surface area contributed by atoms with Gasteiger partial charge in [-0.15, -0.1) is 11.8 Å². The van der Waals surface area contributed by atoms with E-state index in [1.807, 2.05) is 6.07 Å². The zero-order valence-electron chi connectivity index (χ0n) is 16.1. The van der Waals surface area contributed by atoms with Gasteiger partial charge in [0.15, 0.2) is 5.70 Å². The maximum atomic E-state index is 13.0. The largest absolute Gasteiger partial charge is 0.509 e. The molecule has 1 unspecified atom stereocenters. The second kappa shape index (κ2) is 7.28. The summed E-state index contributed by atoms with van der Waals surface area (Å²) in [6, 6.07) is 14.4. The van der Waals surface area contributed by atoms with Crippen molar-refractivity contribution < 1.29 is 29.0 Å². The van der Waals surface area contributed by atoms with Crippen LogP contribution < -0.4 is 0 Å². The minimum atomic E-state index is -1.04. The molecule has 156 valence electrons. The van der Waals surface area contributed by atoms with E-state index in [1.54, 1.807) is 48.5 Å². The van der Waals surface area contributed by atoms with Gasteiger partial charge in [0.05, 0.1) is 16.9 Å². The van der Waals surface area contributed by atoms with E-state index in [0.717, 1.165) is 15.4 Å². The van der Waals surface area contributed by atoms with Crippen LogP contribution in [0.25, 0.3) is 0 Å². The van der Waals surface area contributed by atoms with Crippen LogP contribution in [0.2, 0.25) is 0 Å². The van der Waals surface area contributed by atoms with Crippen molar-refractivity contribution in [3.8, 4) is 0 Å². The van der Waals surface area contributed by atoms with Gasteiger partial charge < -0.3 is 9.84 Å². The molecule has 0 spiro atoms. The smallest absolute Gasteiger partial charge is 0.358 e. The molecular weight excluding hydrogens is 420 g/mol. The van der Waals surface area contributed by atoms with Gasteiger partial charge in [-0.3, -0.25) is 24.2 Å². The summed E-state index contributed by atoms with van der Waals surface area (Å²) >= 11 is 1.18. The summed E-state index contributed by atoms with van der Waals surface area (Å²) in [4.78, 5) is 53.3. The Morgan fingerprint density at radius 3 is 2.23 bits per heavy atom. The lowest BCUT2D eigenvalue weighted by Crippen LogP contribution is -2.71. The van der Waals surface area contributed by atoms with Crippen molar-refractivity contribution in [2.45, 2.75) is 18.0 Å². The number of aliphatic hydroxyl groups is 1. The first-order chi connectivity index (χ1) is 15.0. The number of fused-ring (bicyclic) bond motifs is 2. The van der Waals surface area contributed by atoms with Crippen LogP contribution in [0.5, 0.6) is 0 Å². The van der Waals surface area contributed by atoms with Crippen LogP contribution in [0.4, 0.5) is 0 Å². The number of hydrogen-bond donors (Lipinski definition) is 1. The lowest BCUT2D eigenvalue weighted by molar-refractivity contribution is -0.155. The molecule has 1 N–H and O–H groups in total. The second-order valence-corrected chi connectivity index (χ2v) is 8.34. The van der Waals surface area contributed by atoms with E-state index in [9.17, 15) is 24.3 Å². The van der Waals surface area contributed by atoms with Crippen molar-refractivity contribution in [1.82, 2.24) is 9.80 Å². The number of imide groups is 1. The third kappa shape index (κ3) is 2.92. The van der Waals surface area contributed by atoms with Gasteiger partial charge in [-0.1, -0.05) is 42.5 Å². The molecule has 1 saturated heterocycles. The van der Waals surface area contributed by atoms with Gasteiger partial charge in [-0.2, -0.15) is 0 Å². The van der Waals surface area contributed by atoms with Crippen LogP contribution in [-0.2, 0) is 20.9 Å². The zero-order valence-corrected chi connectivity index (χ0v) is 16.9. The molecule has 1 fully saturated rings. The maximum absolute atomic E-state index is 13.0. The van der Waals surface area contributed by atoms with E-state index >= 15 is 0 Å². The molecule has 31 heavy (non-hydrogen) atoms. The average molecular weight is 436 g/mol. The second-order valence-electron chi connectivity index (χ2n) is 7.24. The number of benzene rings is 2. The Balaban J connectivity index is 1.36. The summed E-state index contributed by atoms with van der Waals surface area (Å²) in [5.41, 5.74) is 1.02. The van der Waals surface area contributed by atoms with Gasteiger partial charge in [-0.25, -0.2) is 4.79 Å². The molecule has 8 nitrogen and oxygen atoms in total. The molecule has 0 aromatic heterocycles. The number of β-lactam (4-membered cyclic amide) rings is 1. The lowest BCUT2D eigenvalue weighted by Gasteiger charge is -2.50. The number of carbonyl (C=O) groups is 4. The normalized spacial score (nSPS) is 22.3. The summed E-state index contributed by atoms with van der Waals surface area (Å²) in [6.45, 7) is -0.0157. The van der Waals surface area contributed by atoms with Crippen LogP contribution in [-0.4, -0.2) is 55.8 Å². The summed E-state index contributed by atoms with van der Waals surface area (Å²) in [7, 11) is 0. The molecule has 3 aliphatic heterocycles. The van der Waals surface area contributed by atoms with Crippen molar-refractivity contribution in [2.75, 3.05) is 5.75 Å². The highest BCUT2D eigenvalue weighted by Crippen LogP contribution is 2.44. The van der Waals surface area contributed by atoms with E-state index in [4.69, 9.17) is 4.74 Å². The number of hydrogen-bond acceptors (Lipinski definition) is 7. The Labute approximate surface area is 181 Å². The highest BCUT2D eigenvalue weighted by Gasteiger charge is 2.60. The monoisotopic (exact) mass is 436 g/mol. The summed E-state index contributed by atoms with van der Waals surface area (Å²) in [6.07, 6.45) is 0. The average Bonchev–Trinajstić information content (AvgIpc) is 3.03. The molecule has 9 heteroatoms. The van der Waals surface area contributed by atoms with Gasteiger partial charge in [0.25, 0.3) is 17.7 Å². The number of thioether (sulfide) groups is 1. The van der Waals surface area contributed by atoms with Crippen LogP contribution in [0.1, 0.15) is 26.3 Å². The summed E-state index contributed by atoms with van der Waals surface area (Å²) in [5.74, 6) is -2.72. The van der Waals surface area contributed by atoms with Crippen LogP contribution in [0.15, 0.2) is 66.1 Å². The number of rotatable bonds is 4. The Morgan fingerprint density at radius 1 is 0.968 bits per heavy atom. The first-order valence-electron chi connectivity index (χ1n) is 9.54. The molecule has 3 amide bonds. The molecule has 2 aromatic rings. The van der Waals surface area contributed by atoms with Crippen molar-refractivity contribution in [3.63, 3.8) is 0 Å².